The smallest absolute Gasteiger partial charge is 0.141 e. The predicted octanol–water partition coefficient (Wildman–Crippen LogP) is 1.77. The van der Waals surface area contributed by atoms with Gasteiger partial charge in [0, 0.05) is 13.2 Å². The number of hydrogen-bond acceptors (Lipinski definition) is 3. The van der Waals surface area contributed by atoms with Crippen molar-refractivity contribution in [2.75, 3.05) is 0 Å². The molecule has 4 nitrogen and oxygen atoms in total. The van der Waals surface area contributed by atoms with Gasteiger partial charge in [0.05, 0.1) is 16.8 Å². The van der Waals surface area contributed by atoms with Gasteiger partial charge >= 0.3 is 0 Å². The molecule has 1 unspecified atom stereocenters. The van der Waals surface area contributed by atoms with E-state index in [1.165, 1.54) is 6.07 Å². The Morgan fingerprint density at radius 2 is 2.24 bits per heavy atom. The molecule has 0 aliphatic heterocycles. The summed E-state index contributed by atoms with van der Waals surface area (Å²) in [5, 5.41) is 4.14. The van der Waals surface area contributed by atoms with E-state index in [-0.39, 0.29) is 11.1 Å². The van der Waals surface area contributed by atoms with Gasteiger partial charge in [-0.25, -0.2) is 9.82 Å². The Morgan fingerprint density at radius 3 is 2.76 bits per heavy atom. The molecule has 6 heteroatoms. The van der Waals surface area contributed by atoms with Crippen molar-refractivity contribution in [3.63, 3.8) is 0 Å². The minimum atomic E-state index is -0.448. The maximum absolute atomic E-state index is 13.1. The monoisotopic (exact) mass is 254 g/mol. The first-order valence-corrected chi connectivity index (χ1v) is 5.40. The Labute approximate surface area is 103 Å². The third kappa shape index (κ3) is 2.31. The number of nitrogens with zero attached hydrogens (tertiary/aromatic N) is 2. The molecule has 1 heterocycles. The number of aryl methyl sites for hydroxylation is 1. The molecule has 0 saturated carbocycles. The standard InChI is InChI=1S/C11H12ClFN4/c1-17-10(4-5-15-17)11(16-14)7-2-3-9(13)8(12)6-7/h2-6,11,16H,14H2,1H3. The molecule has 0 bridgehead atoms. The lowest BCUT2D eigenvalue weighted by molar-refractivity contribution is 0.572. The Hall–Kier alpha value is -1.43. The summed E-state index contributed by atoms with van der Waals surface area (Å²) in [5.41, 5.74) is 4.32. The number of halogens is 2. The van der Waals surface area contributed by atoms with Gasteiger partial charge in [-0.3, -0.25) is 10.5 Å². The first-order chi connectivity index (χ1) is 8.13. The summed E-state index contributed by atoms with van der Waals surface area (Å²) in [5.74, 6) is 5.08. The number of aromatic nitrogens is 2. The van der Waals surface area contributed by atoms with Crippen LogP contribution in [0.1, 0.15) is 17.3 Å². The van der Waals surface area contributed by atoms with Gasteiger partial charge in [0.25, 0.3) is 0 Å². The maximum atomic E-state index is 13.1. The topological polar surface area (TPSA) is 55.9 Å². The van der Waals surface area contributed by atoms with Crippen LogP contribution in [0.15, 0.2) is 30.5 Å². The highest BCUT2D eigenvalue weighted by Gasteiger charge is 2.16. The van der Waals surface area contributed by atoms with Gasteiger partial charge in [-0.05, 0) is 23.8 Å². The van der Waals surface area contributed by atoms with E-state index in [0.717, 1.165) is 11.3 Å². The van der Waals surface area contributed by atoms with Gasteiger partial charge in [-0.1, -0.05) is 17.7 Å². The second-order valence-electron chi connectivity index (χ2n) is 3.65. The average molecular weight is 255 g/mol. The molecule has 0 aliphatic carbocycles. The highest BCUT2D eigenvalue weighted by molar-refractivity contribution is 6.30. The van der Waals surface area contributed by atoms with Crippen LogP contribution in [0.25, 0.3) is 0 Å². The number of hydrazine groups is 1. The summed E-state index contributed by atoms with van der Waals surface area (Å²) in [7, 11) is 1.81. The highest BCUT2D eigenvalue weighted by atomic mass is 35.5. The summed E-state index contributed by atoms with van der Waals surface area (Å²) in [4.78, 5) is 0. The van der Waals surface area contributed by atoms with Crippen LogP contribution in [0.2, 0.25) is 5.02 Å². The quantitative estimate of drug-likeness (QED) is 0.648. The van der Waals surface area contributed by atoms with Crippen LogP contribution in [-0.2, 0) is 7.05 Å². The van der Waals surface area contributed by atoms with E-state index in [1.807, 2.05) is 13.1 Å². The van der Waals surface area contributed by atoms with Crippen molar-refractivity contribution < 1.29 is 4.39 Å². The second kappa shape index (κ2) is 4.83. The molecule has 0 spiro atoms. The Kier molecular flexibility index (Phi) is 3.42. The van der Waals surface area contributed by atoms with Crippen molar-refractivity contribution in [3.05, 3.63) is 52.6 Å². The number of hydrogen-bond donors (Lipinski definition) is 2. The van der Waals surface area contributed by atoms with E-state index < -0.39 is 5.82 Å². The van der Waals surface area contributed by atoms with Crippen LogP contribution in [0.3, 0.4) is 0 Å². The molecule has 3 N–H and O–H groups in total. The molecule has 1 aromatic heterocycles. The molecule has 0 radical (unpaired) electrons. The molecular formula is C11H12ClFN4. The Balaban J connectivity index is 2.42. The summed E-state index contributed by atoms with van der Waals surface area (Å²) < 4.78 is 14.8. The van der Waals surface area contributed by atoms with E-state index in [0.29, 0.717) is 0 Å². The summed E-state index contributed by atoms with van der Waals surface area (Å²) in [6.45, 7) is 0. The Morgan fingerprint density at radius 1 is 1.47 bits per heavy atom. The van der Waals surface area contributed by atoms with E-state index in [2.05, 4.69) is 10.5 Å². The molecule has 17 heavy (non-hydrogen) atoms. The van der Waals surface area contributed by atoms with E-state index >= 15 is 0 Å². The second-order valence-corrected chi connectivity index (χ2v) is 4.06. The average Bonchev–Trinajstić information content (AvgIpc) is 2.71. The van der Waals surface area contributed by atoms with Gasteiger partial charge < -0.3 is 0 Å². The molecule has 0 saturated heterocycles. The van der Waals surface area contributed by atoms with Crippen LogP contribution in [-0.4, -0.2) is 9.78 Å². The third-order valence-electron chi connectivity index (χ3n) is 2.60. The predicted molar refractivity (Wildman–Crippen MR) is 63.8 cm³/mol. The first-order valence-electron chi connectivity index (χ1n) is 5.02. The van der Waals surface area contributed by atoms with Gasteiger partial charge in [-0.15, -0.1) is 0 Å². The SMILES string of the molecule is Cn1nccc1C(NN)c1ccc(F)c(Cl)c1. The van der Waals surface area contributed by atoms with Crippen LogP contribution in [0, 0.1) is 5.82 Å². The zero-order valence-electron chi connectivity index (χ0n) is 9.19. The molecule has 1 atom stereocenters. The van der Waals surface area contributed by atoms with Crippen molar-refractivity contribution in [1.29, 1.82) is 0 Å². The van der Waals surface area contributed by atoms with Gasteiger partial charge in [-0.2, -0.15) is 5.10 Å². The van der Waals surface area contributed by atoms with Crippen molar-refractivity contribution in [1.82, 2.24) is 15.2 Å². The van der Waals surface area contributed by atoms with Crippen LogP contribution >= 0.6 is 11.6 Å². The van der Waals surface area contributed by atoms with Crippen molar-refractivity contribution in [2.45, 2.75) is 6.04 Å². The fourth-order valence-electron chi connectivity index (χ4n) is 1.71. The van der Waals surface area contributed by atoms with E-state index in [4.69, 9.17) is 17.4 Å². The van der Waals surface area contributed by atoms with Gasteiger partial charge in [0.1, 0.15) is 5.82 Å². The molecule has 0 fully saturated rings. The zero-order valence-corrected chi connectivity index (χ0v) is 9.95. The fourth-order valence-corrected chi connectivity index (χ4v) is 1.90. The summed E-state index contributed by atoms with van der Waals surface area (Å²) >= 11 is 5.75. The normalized spacial score (nSPS) is 12.7. The largest absolute Gasteiger partial charge is 0.271 e. The van der Waals surface area contributed by atoms with Crippen LogP contribution < -0.4 is 11.3 Å². The number of benzene rings is 1. The minimum Gasteiger partial charge on any atom is -0.271 e. The molecule has 2 rings (SSSR count). The number of nitrogens with one attached hydrogen (secondary N) is 1. The molecule has 2 aromatic rings. The van der Waals surface area contributed by atoms with Crippen LogP contribution in [0.4, 0.5) is 4.39 Å². The highest BCUT2D eigenvalue weighted by Crippen LogP contribution is 2.24. The summed E-state index contributed by atoms with van der Waals surface area (Å²) in [6, 6.07) is 6.06. The molecular weight excluding hydrogens is 243 g/mol. The first kappa shape index (κ1) is 12.0. The zero-order chi connectivity index (χ0) is 12.4. The van der Waals surface area contributed by atoms with E-state index in [1.54, 1.807) is 23.0 Å². The lowest BCUT2D eigenvalue weighted by Crippen LogP contribution is -2.30. The molecule has 90 valence electrons. The lowest BCUT2D eigenvalue weighted by Gasteiger charge is -2.17. The van der Waals surface area contributed by atoms with Gasteiger partial charge in [0.15, 0.2) is 0 Å². The van der Waals surface area contributed by atoms with Gasteiger partial charge in [0.2, 0.25) is 0 Å². The fraction of sp³-hybridized carbons (Fsp3) is 0.182. The molecule has 1 aromatic carbocycles. The summed E-state index contributed by atoms with van der Waals surface area (Å²) in [6.07, 6.45) is 1.67. The third-order valence-corrected chi connectivity index (χ3v) is 2.89. The minimum absolute atomic E-state index is 0.0740. The van der Waals surface area contributed by atoms with Crippen molar-refractivity contribution >= 4 is 11.6 Å². The number of rotatable bonds is 3. The number of nitrogens with two attached hydrogens (primary N) is 1. The van der Waals surface area contributed by atoms with Crippen molar-refractivity contribution in [3.8, 4) is 0 Å². The van der Waals surface area contributed by atoms with E-state index in [9.17, 15) is 4.39 Å². The molecule has 0 aliphatic rings. The Bertz CT molecular complexity index is 526. The van der Waals surface area contributed by atoms with Crippen molar-refractivity contribution in [2.24, 2.45) is 12.9 Å². The van der Waals surface area contributed by atoms with Crippen LogP contribution in [0.5, 0.6) is 0 Å². The maximum Gasteiger partial charge on any atom is 0.141 e. The lowest BCUT2D eigenvalue weighted by atomic mass is 10.0. The molecule has 0 amide bonds.